The van der Waals surface area contributed by atoms with Gasteiger partial charge in [-0.3, -0.25) is 4.40 Å². The molecular formula is C16H13ClN2O2S. The van der Waals surface area contributed by atoms with E-state index in [0.29, 0.717) is 5.02 Å². The average Bonchev–Trinajstić information content (AvgIpc) is 2.95. The van der Waals surface area contributed by atoms with E-state index in [4.69, 9.17) is 16.7 Å². The van der Waals surface area contributed by atoms with Crippen LogP contribution in [-0.2, 0) is 4.79 Å². The molecule has 1 aromatic carbocycles. The summed E-state index contributed by atoms with van der Waals surface area (Å²) in [6, 6.07) is 5.68. The van der Waals surface area contributed by atoms with Gasteiger partial charge in [0.2, 0.25) is 0 Å². The van der Waals surface area contributed by atoms with Gasteiger partial charge < -0.3 is 5.11 Å². The highest BCUT2D eigenvalue weighted by Crippen LogP contribution is 2.31. The molecule has 0 aliphatic heterocycles. The van der Waals surface area contributed by atoms with Gasteiger partial charge in [-0.15, -0.1) is 11.3 Å². The lowest BCUT2D eigenvalue weighted by atomic mass is 10.1. The van der Waals surface area contributed by atoms with E-state index in [1.54, 1.807) is 17.4 Å². The lowest BCUT2D eigenvalue weighted by Crippen LogP contribution is -1.90. The molecule has 0 unspecified atom stereocenters. The van der Waals surface area contributed by atoms with Crippen LogP contribution in [0, 0.1) is 13.8 Å². The molecule has 0 aliphatic rings. The lowest BCUT2D eigenvalue weighted by molar-refractivity contribution is -0.131. The zero-order valence-corrected chi connectivity index (χ0v) is 13.6. The highest BCUT2D eigenvalue weighted by atomic mass is 35.5. The maximum Gasteiger partial charge on any atom is 0.328 e. The molecule has 0 fully saturated rings. The van der Waals surface area contributed by atoms with Crippen LogP contribution in [0.4, 0.5) is 0 Å². The monoisotopic (exact) mass is 332 g/mol. The van der Waals surface area contributed by atoms with Crippen molar-refractivity contribution in [2.24, 2.45) is 0 Å². The van der Waals surface area contributed by atoms with Crippen LogP contribution < -0.4 is 0 Å². The topological polar surface area (TPSA) is 54.6 Å². The Morgan fingerprint density at radius 3 is 2.86 bits per heavy atom. The highest BCUT2D eigenvalue weighted by molar-refractivity contribution is 7.17. The van der Waals surface area contributed by atoms with Gasteiger partial charge in [0, 0.05) is 27.7 Å². The van der Waals surface area contributed by atoms with E-state index in [-0.39, 0.29) is 0 Å². The molecule has 0 saturated heterocycles. The van der Waals surface area contributed by atoms with E-state index in [2.05, 4.69) is 4.98 Å². The van der Waals surface area contributed by atoms with Crippen LogP contribution in [0.5, 0.6) is 0 Å². The van der Waals surface area contributed by atoms with Gasteiger partial charge in [0.05, 0.1) is 11.4 Å². The van der Waals surface area contributed by atoms with E-state index in [1.165, 1.54) is 0 Å². The number of carboxylic acids is 1. The fraction of sp³-hybridized carbons (Fsp3) is 0.125. The van der Waals surface area contributed by atoms with Crippen molar-refractivity contribution in [3.8, 4) is 11.3 Å². The van der Waals surface area contributed by atoms with Gasteiger partial charge in [0.15, 0.2) is 4.96 Å². The number of aryl methyl sites for hydroxylation is 2. The summed E-state index contributed by atoms with van der Waals surface area (Å²) in [6.45, 7) is 3.93. The Balaban J connectivity index is 2.23. The minimum Gasteiger partial charge on any atom is -0.478 e. The van der Waals surface area contributed by atoms with Crippen molar-refractivity contribution in [2.75, 3.05) is 0 Å². The molecule has 3 rings (SSSR count). The lowest BCUT2D eigenvalue weighted by Gasteiger charge is -2.03. The van der Waals surface area contributed by atoms with Gasteiger partial charge >= 0.3 is 5.97 Å². The molecule has 0 radical (unpaired) electrons. The molecule has 2 heterocycles. The maximum absolute atomic E-state index is 10.9. The number of aromatic nitrogens is 2. The van der Waals surface area contributed by atoms with Crippen LogP contribution in [-0.4, -0.2) is 20.5 Å². The van der Waals surface area contributed by atoms with E-state index in [9.17, 15) is 4.79 Å². The van der Waals surface area contributed by atoms with Gasteiger partial charge in [-0.25, -0.2) is 9.78 Å². The quantitative estimate of drug-likeness (QED) is 0.722. The summed E-state index contributed by atoms with van der Waals surface area (Å²) >= 11 is 7.64. The van der Waals surface area contributed by atoms with E-state index in [1.807, 2.05) is 42.6 Å². The molecule has 0 saturated carbocycles. The van der Waals surface area contributed by atoms with Crippen molar-refractivity contribution >= 4 is 39.9 Å². The zero-order valence-electron chi connectivity index (χ0n) is 12.0. The Bertz CT molecular complexity index is 908. The molecule has 0 spiro atoms. The number of carbonyl (C=O) groups is 1. The first-order chi connectivity index (χ1) is 10.5. The number of imidazole rings is 1. The van der Waals surface area contributed by atoms with Gasteiger partial charge in [0.25, 0.3) is 0 Å². The fourth-order valence-corrected chi connectivity index (χ4v) is 3.24. The second kappa shape index (κ2) is 5.59. The Labute approximate surface area is 136 Å². The van der Waals surface area contributed by atoms with Crippen molar-refractivity contribution in [3.05, 3.63) is 51.6 Å². The van der Waals surface area contributed by atoms with Crippen LogP contribution in [0.1, 0.15) is 16.1 Å². The molecule has 1 N–H and O–H groups in total. The number of nitrogens with zero attached hydrogens (tertiary/aromatic N) is 2. The van der Waals surface area contributed by atoms with Crippen molar-refractivity contribution in [1.82, 2.24) is 9.38 Å². The third-order valence-electron chi connectivity index (χ3n) is 3.29. The predicted octanol–water partition coefficient (Wildman–Crippen LogP) is 4.43. The van der Waals surface area contributed by atoms with Gasteiger partial charge in [-0.2, -0.15) is 0 Å². The second-order valence-corrected chi connectivity index (χ2v) is 6.60. The van der Waals surface area contributed by atoms with Crippen molar-refractivity contribution in [3.63, 3.8) is 0 Å². The summed E-state index contributed by atoms with van der Waals surface area (Å²) in [5.74, 6) is -0.986. The zero-order chi connectivity index (χ0) is 15.9. The Morgan fingerprint density at radius 1 is 1.41 bits per heavy atom. The molecule has 0 atom stereocenters. The molecule has 112 valence electrons. The van der Waals surface area contributed by atoms with Gasteiger partial charge in [-0.05, 0) is 37.6 Å². The molecule has 4 nitrogen and oxygen atoms in total. The number of fused-ring (bicyclic) bond motifs is 1. The molecule has 2 aromatic heterocycles. The summed E-state index contributed by atoms with van der Waals surface area (Å²) < 4.78 is 1.92. The fourth-order valence-electron chi connectivity index (χ4n) is 2.29. The van der Waals surface area contributed by atoms with E-state index >= 15 is 0 Å². The van der Waals surface area contributed by atoms with Crippen LogP contribution in [0.2, 0.25) is 5.02 Å². The number of thiazole rings is 1. The molecular weight excluding hydrogens is 320 g/mol. The van der Waals surface area contributed by atoms with E-state index < -0.39 is 5.97 Å². The molecule has 6 heteroatoms. The van der Waals surface area contributed by atoms with Crippen molar-refractivity contribution in [1.29, 1.82) is 0 Å². The standard InChI is InChI=1S/C16H13ClN2O2S/c1-9-7-11(3-4-12(9)17)15-13(5-6-14(20)21)19-8-10(2)22-16(19)18-15/h3-8H,1-2H3,(H,20,21)/b6-5+. The minimum atomic E-state index is -0.986. The number of halogens is 1. The molecule has 22 heavy (non-hydrogen) atoms. The summed E-state index contributed by atoms with van der Waals surface area (Å²) in [4.78, 5) is 17.5. The van der Waals surface area contributed by atoms with Crippen LogP contribution in [0.3, 0.4) is 0 Å². The Kier molecular flexibility index (Phi) is 3.76. The number of benzene rings is 1. The number of hydrogen-bond donors (Lipinski definition) is 1. The largest absolute Gasteiger partial charge is 0.478 e. The first-order valence-electron chi connectivity index (χ1n) is 6.61. The third kappa shape index (κ3) is 2.65. The smallest absolute Gasteiger partial charge is 0.328 e. The predicted molar refractivity (Wildman–Crippen MR) is 89.7 cm³/mol. The number of rotatable bonds is 3. The van der Waals surface area contributed by atoms with Gasteiger partial charge in [-0.1, -0.05) is 17.7 Å². The summed E-state index contributed by atoms with van der Waals surface area (Å²) in [6.07, 6.45) is 4.66. The number of carboxylic acid groups (broad SMARTS) is 1. The highest BCUT2D eigenvalue weighted by Gasteiger charge is 2.15. The van der Waals surface area contributed by atoms with E-state index in [0.717, 1.165) is 38.4 Å². The SMILES string of the molecule is Cc1cn2c(/C=C/C(=O)O)c(-c3ccc(Cl)c(C)c3)nc2s1. The summed E-state index contributed by atoms with van der Waals surface area (Å²) in [5.41, 5.74) is 3.38. The normalized spacial score (nSPS) is 11.6. The van der Waals surface area contributed by atoms with Crippen LogP contribution in [0.15, 0.2) is 30.5 Å². The molecule has 0 bridgehead atoms. The Hall–Kier alpha value is -2.11. The molecule has 0 aliphatic carbocycles. The second-order valence-electron chi connectivity index (χ2n) is 4.98. The Morgan fingerprint density at radius 2 is 2.18 bits per heavy atom. The number of aliphatic carboxylic acids is 1. The summed E-state index contributed by atoms with van der Waals surface area (Å²) in [5, 5.41) is 9.60. The molecule has 3 aromatic rings. The summed E-state index contributed by atoms with van der Waals surface area (Å²) in [7, 11) is 0. The first-order valence-corrected chi connectivity index (χ1v) is 7.81. The first kappa shape index (κ1) is 14.8. The number of hydrogen-bond acceptors (Lipinski definition) is 3. The minimum absolute atomic E-state index is 0.697. The van der Waals surface area contributed by atoms with Crippen LogP contribution in [0.25, 0.3) is 22.3 Å². The maximum atomic E-state index is 10.9. The van der Waals surface area contributed by atoms with Gasteiger partial charge in [0.1, 0.15) is 0 Å². The molecule has 0 amide bonds. The van der Waals surface area contributed by atoms with Crippen molar-refractivity contribution in [2.45, 2.75) is 13.8 Å². The average molecular weight is 333 g/mol. The van der Waals surface area contributed by atoms with Crippen LogP contribution >= 0.6 is 22.9 Å². The van der Waals surface area contributed by atoms with Crippen molar-refractivity contribution < 1.29 is 9.90 Å². The third-order valence-corrected chi connectivity index (χ3v) is 4.62.